The van der Waals surface area contributed by atoms with Crippen LogP contribution >= 0.6 is 0 Å². The fraction of sp³-hybridized carbons (Fsp3) is 0.533. The van der Waals surface area contributed by atoms with Crippen LogP contribution in [0.3, 0.4) is 0 Å². The Morgan fingerprint density at radius 3 is 2.85 bits per heavy atom. The molecule has 0 spiro atoms. The van der Waals surface area contributed by atoms with E-state index in [-0.39, 0.29) is 24.5 Å². The third-order valence-electron chi connectivity index (χ3n) is 3.24. The van der Waals surface area contributed by atoms with Crippen LogP contribution in [0.25, 0.3) is 0 Å². The molecule has 5 nitrogen and oxygen atoms in total. The van der Waals surface area contributed by atoms with Crippen molar-refractivity contribution in [1.82, 2.24) is 10.6 Å². The zero-order valence-corrected chi connectivity index (χ0v) is 11.9. The highest BCUT2D eigenvalue weighted by atomic mass is 16.5. The van der Waals surface area contributed by atoms with Crippen LogP contribution in [0.5, 0.6) is 5.75 Å². The molecule has 20 heavy (non-hydrogen) atoms. The van der Waals surface area contributed by atoms with Crippen LogP contribution in [-0.2, 0) is 4.79 Å². The van der Waals surface area contributed by atoms with E-state index in [9.17, 15) is 9.90 Å². The Balaban J connectivity index is 1.87. The first kappa shape index (κ1) is 14.8. The number of nitrogens with one attached hydrogen (secondary N) is 2. The molecule has 1 heterocycles. The zero-order valence-electron chi connectivity index (χ0n) is 11.9. The first-order valence-corrected chi connectivity index (χ1v) is 6.99. The van der Waals surface area contributed by atoms with Crippen molar-refractivity contribution < 1.29 is 14.6 Å². The second kappa shape index (κ2) is 6.72. The van der Waals surface area contributed by atoms with Gasteiger partial charge < -0.3 is 20.5 Å². The summed E-state index contributed by atoms with van der Waals surface area (Å²) in [6.07, 6.45) is -0.629. The van der Waals surface area contributed by atoms with Gasteiger partial charge in [-0.05, 0) is 31.5 Å². The summed E-state index contributed by atoms with van der Waals surface area (Å²) in [5.74, 6) is 0.765. The molecule has 1 aliphatic rings. The molecule has 1 fully saturated rings. The van der Waals surface area contributed by atoms with Crippen molar-refractivity contribution in [1.29, 1.82) is 0 Å². The van der Waals surface area contributed by atoms with Gasteiger partial charge in [-0.1, -0.05) is 12.1 Å². The number of hydrogen-bond donors (Lipinski definition) is 3. The van der Waals surface area contributed by atoms with Gasteiger partial charge in [-0.2, -0.15) is 0 Å². The van der Waals surface area contributed by atoms with Gasteiger partial charge in [-0.3, -0.25) is 4.79 Å². The van der Waals surface area contributed by atoms with Gasteiger partial charge in [-0.15, -0.1) is 0 Å². The molecule has 1 unspecified atom stereocenters. The Hall–Kier alpha value is -1.59. The summed E-state index contributed by atoms with van der Waals surface area (Å²) in [4.78, 5) is 11.7. The van der Waals surface area contributed by atoms with Crippen LogP contribution < -0.4 is 15.4 Å². The Bertz CT molecular complexity index is 458. The average Bonchev–Trinajstić information content (AvgIpc) is 2.33. The van der Waals surface area contributed by atoms with Gasteiger partial charge in [0.1, 0.15) is 5.75 Å². The van der Waals surface area contributed by atoms with E-state index in [1.807, 2.05) is 38.1 Å². The van der Waals surface area contributed by atoms with E-state index in [1.54, 1.807) is 0 Å². The van der Waals surface area contributed by atoms with Crippen molar-refractivity contribution in [3.05, 3.63) is 29.8 Å². The molecule has 2 rings (SSSR count). The van der Waals surface area contributed by atoms with Gasteiger partial charge in [0.15, 0.2) is 0 Å². The molecule has 1 aromatic rings. The maximum absolute atomic E-state index is 11.7. The molecule has 0 saturated carbocycles. The average molecular weight is 278 g/mol. The highest BCUT2D eigenvalue weighted by Crippen LogP contribution is 2.20. The number of benzene rings is 1. The highest BCUT2D eigenvalue weighted by Gasteiger charge is 2.25. The lowest BCUT2D eigenvalue weighted by Crippen LogP contribution is -2.51. The van der Waals surface area contributed by atoms with E-state index in [0.717, 1.165) is 24.4 Å². The minimum absolute atomic E-state index is 0.00242. The molecule has 0 radical (unpaired) electrons. The Kier molecular flexibility index (Phi) is 4.98. The molecule has 110 valence electrons. The molecular weight excluding hydrogens is 256 g/mol. The van der Waals surface area contributed by atoms with E-state index >= 15 is 0 Å². The standard InChI is InChI=1S/C15H22N2O3/c1-10(2)20-13-5-3-4-11(6-13)14(18)9-17-15(19)12-7-16-8-12/h3-6,10,12,14,16,18H,7-9H2,1-2H3,(H,17,19). The number of rotatable bonds is 6. The summed E-state index contributed by atoms with van der Waals surface area (Å²) in [7, 11) is 0. The summed E-state index contributed by atoms with van der Waals surface area (Å²) < 4.78 is 5.59. The lowest BCUT2D eigenvalue weighted by Gasteiger charge is -2.26. The summed E-state index contributed by atoms with van der Waals surface area (Å²) in [5, 5.41) is 15.9. The smallest absolute Gasteiger partial charge is 0.225 e. The number of amides is 1. The first-order chi connectivity index (χ1) is 9.56. The van der Waals surface area contributed by atoms with Crippen LogP contribution in [-0.4, -0.2) is 36.8 Å². The van der Waals surface area contributed by atoms with Crippen molar-refractivity contribution in [2.75, 3.05) is 19.6 Å². The van der Waals surface area contributed by atoms with Gasteiger partial charge in [0.2, 0.25) is 5.91 Å². The SMILES string of the molecule is CC(C)Oc1cccc(C(O)CNC(=O)C2CNC2)c1. The van der Waals surface area contributed by atoms with Gasteiger partial charge >= 0.3 is 0 Å². The predicted molar refractivity (Wildman–Crippen MR) is 76.5 cm³/mol. The molecule has 1 aliphatic heterocycles. The zero-order chi connectivity index (χ0) is 14.5. The molecule has 1 amide bonds. The van der Waals surface area contributed by atoms with E-state index in [2.05, 4.69) is 10.6 Å². The van der Waals surface area contributed by atoms with Crippen LogP contribution in [0, 0.1) is 5.92 Å². The summed E-state index contributed by atoms with van der Waals surface area (Å²) >= 11 is 0. The molecule has 5 heteroatoms. The van der Waals surface area contributed by atoms with Gasteiger partial charge in [-0.25, -0.2) is 0 Å². The number of carbonyl (C=O) groups excluding carboxylic acids is 1. The van der Waals surface area contributed by atoms with Crippen LogP contribution in [0.15, 0.2) is 24.3 Å². The Labute approximate surface area is 119 Å². The van der Waals surface area contributed by atoms with E-state index in [1.165, 1.54) is 0 Å². The maximum atomic E-state index is 11.7. The number of aliphatic hydroxyl groups is 1. The van der Waals surface area contributed by atoms with Crippen molar-refractivity contribution in [2.45, 2.75) is 26.1 Å². The highest BCUT2D eigenvalue weighted by molar-refractivity contribution is 5.80. The number of aliphatic hydroxyl groups excluding tert-OH is 1. The van der Waals surface area contributed by atoms with Crippen molar-refractivity contribution in [3.63, 3.8) is 0 Å². The first-order valence-electron chi connectivity index (χ1n) is 6.99. The largest absolute Gasteiger partial charge is 0.491 e. The maximum Gasteiger partial charge on any atom is 0.225 e. The number of carbonyl (C=O) groups is 1. The Morgan fingerprint density at radius 1 is 1.50 bits per heavy atom. The number of ether oxygens (including phenoxy) is 1. The van der Waals surface area contributed by atoms with E-state index in [4.69, 9.17) is 4.74 Å². The molecule has 0 bridgehead atoms. The van der Waals surface area contributed by atoms with Gasteiger partial charge in [0.05, 0.1) is 18.1 Å². The molecular formula is C15H22N2O3. The number of hydrogen-bond acceptors (Lipinski definition) is 4. The third kappa shape index (κ3) is 3.95. The normalized spacial score (nSPS) is 16.6. The summed E-state index contributed by atoms with van der Waals surface area (Å²) in [5.41, 5.74) is 0.746. The fourth-order valence-corrected chi connectivity index (χ4v) is 2.00. The molecule has 1 saturated heterocycles. The topological polar surface area (TPSA) is 70.6 Å². The minimum atomic E-state index is -0.720. The van der Waals surface area contributed by atoms with Crippen molar-refractivity contribution >= 4 is 5.91 Å². The van der Waals surface area contributed by atoms with Gasteiger partial charge in [0, 0.05) is 19.6 Å². The van der Waals surface area contributed by atoms with Crippen LogP contribution in [0.4, 0.5) is 0 Å². The van der Waals surface area contributed by atoms with E-state index in [0.29, 0.717) is 0 Å². The lowest BCUT2D eigenvalue weighted by atomic mass is 10.0. The van der Waals surface area contributed by atoms with Crippen LogP contribution in [0.1, 0.15) is 25.5 Å². The quantitative estimate of drug-likeness (QED) is 0.721. The molecule has 3 N–H and O–H groups in total. The van der Waals surface area contributed by atoms with Gasteiger partial charge in [0.25, 0.3) is 0 Å². The van der Waals surface area contributed by atoms with E-state index < -0.39 is 6.10 Å². The third-order valence-corrected chi connectivity index (χ3v) is 3.24. The lowest BCUT2D eigenvalue weighted by molar-refractivity contribution is -0.126. The summed E-state index contributed by atoms with van der Waals surface area (Å²) in [6, 6.07) is 7.33. The molecule has 0 aromatic heterocycles. The molecule has 0 aliphatic carbocycles. The second-order valence-electron chi connectivity index (χ2n) is 5.36. The second-order valence-corrected chi connectivity index (χ2v) is 5.36. The minimum Gasteiger partial charge on any atom is -0.491 e. The van der Waals surface area contributed by atoms with Crippen molar-refractivity contribution in [3.8, 4) is 5.75 Å². The summed E-state index contributed by atoms with van der Waals surface area (Å²) in [6.45, 7) is 5.58. The molecule has 1 aromatic carbocycles. The Morgan fingerprint density at radius 2 is 2.25 bits per heavy atom. The van der Waals surface area contributed by atoms with Crippen molar-refractivity contribution in [2.24, 2.45) is 5.92 Å². The molecule has 1 atom stereocenters. The van der Waals surface area contributed by atoms with Crippen LogP contribution in [0.2, 0.25) is 0 Å². The predicted octanol–water partition coefficient (Wildman–Crippen LogP) is 0.843. The monoisotopic (exact) mass is 278 g/mol. The fourth-order valence-electron chi connectivity index (χ4n) is 2.00.